The van der Waals surface area contributed by atoms with Crippen LogP contribution in [0.2, 0.25) is 0 Å². The average Bonchev–Trinajstić information content (AvgIpc) is 3.00. The van der Waals surface area contributed by atoms with Crippen molar-refractivity contribution in [2.45, 2.75) is 19.3 Å². The molecule has 0 unspecified atom stereocenters. The summed E-state index contributed by atoms with van der Waals surface area (Å²) in [6.45, 7) is 5.20. The predicted molar refractivity (Wildman–Crippen MR) is 83.5 cm³/mol. The monoisotopic (exact) mass is 289 g/mol. The molecule has 0 aromatic carbocycles. The lowest BCUT2D eigenvalue weighted by atomic mass is 9.91. The Labute approximate surface area is 123 Å². The molecule has 0 aliphatic carbocycles. The molecule has 106 valence electrons. The average molecular weight is 289 g/mol. The van der Waals surface area contributed by atoms with Crippen molar-refractivity contribution in [1.82, 2.24) is 10.3 Å². The van der Waals surface area contributed by atoms with E-state index in [9.17, 15) is 4.79 Å². The van der Waals surface area contributed by atoms with Crippen LogP contribution in [0.25, 0.3) is 0 Å². The largest absolute Gasteiger partial charge is 0.384 e. The number of rotatable bonds is 5. The Morgan fingerprint density at radius 2 is 2.20 bits per heavy atom. The molecule has 0 fully saturated rings. The first-order valence-corrected chi connectivity index (χ1v) is 7.37. The zero-order valence-corrected chi connectivity index (χ0v) is 12.8. The molecule has 2 aromatic rings. The smallest absolute Gasteiger partial charge is 0.269 e. The van der Waals surface area contributed by atoms with Crippen LogP contribution in [0.3, 0.4) is 0 Å². The second kappa shape index (κ2) is 6.05. The number of hydrogen-bond acceptors (Lipinski definition) is 4. The van der Waals surface area contributed by atoms with Crippen LogP contribution >= 0.6 is 11.3 Å². The molecular weight excluding hydrogens is 270 g/mol. The van der Waals surface area contributed by atoms with Crippen molar-refractivity contribution in [1.29, 1.82) is 0 Å². The van der Waals surface area contributed by atoms with E-state index >= 15 is 0 Å². The van der Waals surface area contributed by atoms with Gasteiger partial charge < -0.3 is 10.6 Å². The van der Waals surface area contributed by atoms with E-state index in [4.69, 9.17) is 0 Å². The Kier molecular flexibility index (Phi) is 4.39. The maximum Gasteiger partial charge on any atom is 0.269 e. The lowest BCUT2D eigenvalue weighted by Gasteiger charge is -2.24. The molecule has 0 aliphatic rings. The lowest BCUT2D eigenvalue weighted by molar-refractivity contribution is 0.0958. The first kappa shape index (κ1) is 14.5. The van der Waals surface area contributed by atoms with E-state index in [1.807, 2.05) is 6.07 Å². The summed E-state index contributed by atoms with van der Waals surface area (Å²) >= 11 is 1.76. The van der Waals surface area contributed by atoms with Crippen LogP contribution in [0.1, 0.15) is 29.2 Å². The van der Waals surface area contributed by atoms with Crippen LogP contribution in [0.5, 0.6) is 0 Å². The second-order valence-electron chi connectivity index (χ2n) is 5.22. The quantitative estimate of drug-likeness (QED) is 0.890. The van der Waals surface area contributed by atoms with E-state index in [-0.39, 0.29) is 11.3 Å². The Balaban J connectivity index is 2.06. The number of thiophene rings is 1. The van der Waals surface area contributed by atoms with E-state index in [1.165, 1.54) is 4.88 Å². The van der Waals surface area contributed by atoms with Gasteiger partial charge in [0.15, 0.2) is 0 Å². The van der Waals surface area contributed by atoms with Crippen LogP contribution in [0.15, 0.2) is 35.8 Å². The Hall–Kier alpha value is -1.88. The third kappa shape index (κ3) is 3.36. The number of amides is 1. The number of pyridine rings is 1. The lowest BCUT2D eigenvalue weighted by Crippen LogP contribution is -2.26. The molecule has 2 N–H and O–H groups in total. The van der Waals surface area contributed by atoms with Gasteiger partial charge >= 0.3 is 0 Å². The Bertz CT molecular complexity index is 579. The number of carbonyl (C=O) groups excluding carboxylic acids is 1. The Morgan fingerprint density at radius 3 is 2.85 bits per heavy atom. The summed E-state index contributed by atoms with van der Waals surface area (Å²) in [6, 6.07) is 7.85. The van der Waals surface area contributed by atoms with Gasteiger partial charge in [0, 0.05) is 35.8 Å². The van der Waals surface area contributed by atoms with Gasteiger partial charge in [0.1, 0.15) is 5.69 Å². The van der Waals surface area contributed by atoms with E-state index in [0.717, 1.165) is 12.2 Å². The van der Waals surface area contributed by atoms with E-state index < -0.39 is 0 Å². The summed E-state index contributed by atoms with van der Waals surface area (Å²) in [6.07, 6.45) is 1.64. The minimum atomic E-state index is -0.175. The van der Waals surface area contributed by atoms with Gasteiger partial charge in [0.2, 0.25) is 0 Å². The summed E-state index contributed by atoms with van der Waals surface area (Å²) < 4.78 is 0. The van der Waals surface area contributed by atoms with Crippen molar-refractivity contribution in [2.75, 3.05) is 18.9 Å². The van der Waals surface area contributed by atoms with Gasteiger partial charge in [0.05, 0.1) is 0 Å². The molecule has 0 saturated heterocycles. The second-order valence-corrected chi connectivity index (χ2v) is 6.17. The molecule has 0 bridgehead atoms. The van der Waals surface area contributed by atoms with Gasteiger partial charge in [-0.15, -0.1) is 11.3 Å². The van der Waals surface area contributed by atoms with E-state index in [0.29, 0.717) is 5.69 Å². The summed E-state index contributed by atoms with van der Waals surface area (Å²) in [4.78, 5) is 16.9. The highest BCUT2D eigenvalue weighted by molar-refractivity contribution is 7.10. The highest BCUT2D eigenvalue weighted by Gasteiger charge is 2.21. The maximum absolute atomic E-state index is 11.6. The fourth-order valence-electron chi connectivity index (χ4n) is 1.87. The number of hydrogen-bond donors (Lipinski definition) is 2. The topological polar surface area (TPSA) is 54.0 Å². The third-order valence-corrected chi connectivity index (χ3v) is 4.38. The molecule has 2 rings (SSSR count). The van der Waals surface area contributed by atoms with Crippen LogP contribution in [0.4, 0.5) is 5.69 Å². The van der Waals surface area contributed by atoms with Crippen LogP contribution in [0, 0.1) is 0 Å². The summed E-state index contributed by atoms with van der Waals surface area (Å²) in [5.41, 5.74) is 1.37. The van der Waals surface area contributed by atoms with Crippen LogP contribution in [-0.4, -0.2) is 24.5 Å². The van der Waals surface area contributed by atoms with Gasteiger partial charge in [-0.05, 0) is 23.6 Å². The molecule has 4 nitrogen and oxygen atoms in total. The highest BCUT2D eigenvalue weighted by Crippen LogP contribution is 2.27. The molecular formula is C15H19N3OS. The fraction of sp³-hybridized carbons (Fsp3) is 0.333. The Morgan fingerprint density at radius 1 is 1.40 bits per heavy atom. The van der Waals surface area contributed by atoms with E-state index in [2.05, 4.69) is 47.0 Å². The van der Waals surface area contributed by atoms with Crippen LogP contribution < -0.4 is 10.6 Å². The van der Waals surface area contributed by atoms with Gasteiger partial charge in [-0.2, -0.15) is 0 Å². The predicted octanol–water partition coefficient (Wildman–Crippen LogP) is 2.89. The van der Waals surface area contributed by atoms with Crippen molar-refractivity contribution >= 4 is 22.9 Å². The van der Waals surface area contributed by atoms with Gasteiger partial charge in [0.25, 0.3) is 5.91 Å². The van der Waals surface area contributed by atoms with Crippen molar-refractivity contribution in [3.63, 3.8) is 0 Å². The minimum absolute atomic E-state index is 0.0462. The number of nitrogens with zero attached hydrogens (tertiary/aromatic N) is 1. The number of anilines is 1. The number of nitrogens with one attached hydrogen (secondary N) is 2. The summed E-state index contributed by atoms with van der Waals surface area (Å²) in [7, 11) is 1.60. The normalized spacial score (nSPS) is 11.2. The van der Waals surface area contributed by atoms with Crippen LogP contribution in [-0.2, 0) is 5.41 Å². The standard InChI is InChI=1S/C15H19N3OS/c1-15(2,13-5-4-8-20-13)10-18-11-6-7-17-12(9-11)14(19)16-3/h4-9H,10H2,1-3H3,(H,16,19)(H,17,18). The number of aromatic nitrogens is 1. The molecule has 0 spiro atoms. The highest BCUT2D eigenvalue weighted by atomic mass is 32.1. The first-order chi connectivity index (χ1) is 9.53. The van der Waals surface area contributed by atoms with Gasteiger partial charge in [-0.3, -0.25) is 9.78 Å². The minimum Gasteiger partial charge on any atom is -0.384 e. The molecule has 0 radical (unpaired) electrons. The number of carbonyl (C=O) groups is 1. The van der Waals surface area contributed by atoms with Gasteiger partial charge in [-0.25, -0.2) is 0 Å². The zero-order valence-electron chi connectivity index (χ0n) is 11.9. The fourth-order valence-corrected chi connectivity index (χ4v) is 2.72. The summed E-state index contributed by atoms with van der Waals surface area (Å²) in [5, 5.41) is 8.05. The van der Waals surface area contributed by atoms with Crippen molar-refractivity contribution in [3.8, 4) is 0 Å². The third-order valence-electron chi connectivity index (χ3n) is 3.14. The molecule has 20 heavy (non-hydrogen) atoms. The van der Waals surface area contributed by atoms with Crippen molar-refractivity contribution < 1.29 is 4.79 Å². The zero-order chi connectivity index (χ0) is 14.6. The summed E-state index contributed by atoms with van der Waals surface area (Å²) in [5.74, 6) is -0.175. The molecule has 2 heterocycles. The van der Waals surface area contributed by atoms with Crippen molar-refractivity contribution in [3.05, 3.63) is 46.4 Å². The molecule has 0 atom stereocenters. The SMILES string of the molecule is CNC(=O)c1cc(NCC(C)(C)c2cccs2)ccn1. The van der Waals surface area contributed by atoms with E-state index in [1.54, 1.807) is 30.6 Å². The molecule has 0 aliphatic heterocycles. The molecule has 2 aromatic heterocycles. The first-order valence-electron chi connectivity index (χ1n) is 6.49. The van der Waals surface area contributed by atoms with Gasteiger partial charge in [-0.1, -0.05) is 19.9 Å². The van der Waals surface area contributed by atoms with Crippen molar-refractivity contribution in [2.24, 2.45) is 0 Å². The molecule has 5 heteroatoms. The molecule has 0 saturated carbocycles. The maximum atomic E-state index is 11.6. The molecule has 1 amide bonds.